The fourth-order valence-corrected chi connectivity index (χ4v) is 3.47. The third-order valence-corrected chi connectivity index (χ3v) is 6.07. The zero-order valence-corrected chi connectivity index (χ0v) is 30.0. The molecular formula is C38H50F3N5O3. The highest BCUT2D eigenvalue weighted by Gasteiger charge is 2.31. The Labute approximate surface area is 289 Å². The van der Waals surface area contributed by atoms with Crippen molar-refractivity contribution in [2.75, 3.05) is 0 Å². The van der Waals surface area contributed by atoms with Gasteiger partial charge in [0.15, 0.2) is 0 Å². The van der Waals surface area contributed by atoms with Gasteiger partial charge in [-0.1, -0.05) is 32.0 Å². The minimum absolute atomic E-state index is 0.0484. The number of pyridine rings is 4. The molecule has 0 saturated heterocycles. The molecule has 0 aliphatic carbocycles. The summed E-state index contributed by atoms with van der Waals surface area (Å²) in [5, 5.41) is 8.61. The summed E-state index contributed by atoms with van der Waals surface area (Å²) in [5.74, 6) is 0.590. The second-order valence-corrected chi connectivity index (χ2v) is 12.1. The number of hydrogen-bond donors (Lipinski definition) is 0. The lowest BCUT2D eigenvalue weighted by molar-refractivity contribution is -0.141. The van der Waals surface area contributed by atoms with Gasteiger partial charge in [-0.05, 0) is 100 Å². The van der Waals surface area contributed by atoms with Crippen LogP contribution in [0.2, 0.25) is 0 Å². The first-order valence-electron chi connectivity index (χ1n) is 16.1. The number of ether oxygens (including phenoxy) is 3. The minimum atomic E-state index is -4.38. The Balaban J connectivity index is 0.000000330. The number of hydrogen-bond acceptors (Lipinski definition) is 8. The molecule has 0 fully saturated rings. The summed E-state index contributed by atoms with van der Waals surface area (Å²) in [5.41, 5.74) is 4.96. The van der Waals surface area contributed by atoms with E-state index < -0.39 is 11.9 Å². The molecule has 4 heterocycles. The van der Waals surface area contributed by atoms with Gasteiger partial charge in [0, 0.05) is 43.4 Å². The number of nitriles is 1. The molecule has 266 valence electrons. The molecule has 4 aromatic rings. The van der Waals surface area contributed by atoms with Gasteiger partial charge in [-0.25, -0.2) is 0 Å². The van der Waals surface area contributed by atoms with Gasteiger partial charge in [-0.15, -0.1) is 0 Å². The summed E-state index contributed by atoms with van der Waals surface area (Å²) in [6.45, 7) is 19.6. The average molecular weight is 682 g/mol. The van der Waals surface area contributed by atoms with E-state index in [-0.39, 0.29) is 24.9 Å². The lowest BCUT2D eigenvalue weighted by Crippen LogP contribution is -2.08. The molecule has 0 radical (unpaired) electrons. The van der Waals surface area contributed by atoms with Crippen molar-refractivity contribution in [3.8, 4) is 6.07 Å². The van der Waals surface area contributed by atoms with Crippen LogP contribution >= 0.6 is 0 Å². The highest BCUT2D eigenvalue weighted by Crippen LogP contribution is 2.27. The van der Waals surface area contributed by atoms with Crippen LogP contribution in [0, 0.1) is 18.3 Å². The van der Waals surface area contributed by atoms with Crippen LogP contribution in [0.25, 0.3) is 0 Å². The Morgan fingerprint density at radius 1 is 0.673 bits per heavy atom. The first-order chi connectivity index (χ1) is 23.1. The van der Waals surface area contributed by atoms with Crippen molar-refractivity contribution in [3.63, 3.8) is 0 Å². The number of aromatic nitrogens is 4. The van der Waals surface area contributed by atoms with Crippen LogP contribution in [0.1, 0.15) is 100 Å². The molecule has 0 unspecified atom stereocenters. The van der Waals surface area contributed by atoms with E-state index in [0.717, 1.165) is 17.2 Å². The molecule has 0 spiro atoms. The van der Waals surface area contributed by atoms with Crippen LogP contribution in [0.15, 0.2) is 79.8 Å². The van der Waals surface area contributed by atoms with E-state index in [1.54, 1.807) is 24.7 Å². The Kier molecular flexibility index (Phi) is 20.2. The fourth-order valence-electron chi connectivity index (χ4n) is 3.47. The second-order valence-electron chi connectivity index (χ2n) is 12.1. The molecule has 0 bridgehead atoms. The number of rotatable bonds is 10. The van der Waals surface area contributed by atoms with Crippen molar-refractivity contribution in [2.45, 2.75) is 113 Å². The molecule has 0 amide bonds. The van der Waals surface area contributed by atoms with E-state index in [4.69, 9.17) is 19.5 Å². The Morgan fingerprint density at radius 2 is 1.22 bits per heavy atom. The molecule has 0 aliphatic heterocycles. The topological polar surface area (TPSA) is 103 Å². The molecule has 49 heavy (non-hydrogen) atoms. The van der Waals surface area contributed by atoms with Crippen LogP contribution in [0.3, 0.4) is 0 Å². The highest BCUT2D eigenvalue weighted by molar-refractivity contribution is 5.28. The van der Waals surface area contributed by atoms with Crippen molar-refractivity contribution in [1.82, 2.24) is 19.9 Å². The van der Waals surface area contributed by atoms with Gasteiger partial charge < -0.3 is 14.2 Å². The first kappa shape index (κ1) is 42.8. The highest BCUT2D eigenvalue weighted by atomic mass is 19.4. The quantitative estimate of drug-likeness (QED) is 0.163. The van der Waals surface area contributed by atoms with Gasteiger partial charge >= 0.3 is 6.18 Å². The van der Waals surface area contributed by atoms with Crippen molar-refractivity contribution in [2.24, 2.45) is 0 Å². The smallest absolute Gasteiger partial charge is 0.374 e. The standard InChI is InChI=1S/C10H12F3NO.C10H12N2O.C9H13NO.C9H13N/c1-7(2)15-6-8-3-4-9(14-5-8)10(11,12)13;1-8(2)13-7-10-3-9(4-11)5-12-6-10;1-8(2)11-7-9-4-3-5-10-6-9;1-7(2)9-4-8(3)5-10-6-9/h3-5,7H,6H2,1-2H3;3,5-6,8H,7H2,1-2H3;3-6,8H,7H2,1-2H3;4-7H,1-3H3. The second kappa shape index (κ2) is 23.2. The van der Waals surface area contributed by atoms with Gasteiger partial charge in [0.25, 0.3) is 0 Å². The maximum atomic E-state index is 12.1. The van der Waals surface area contributed by atoms with Gasteiger partial charge in [0.05, 0.1) is 43.7 Å². The summed E-state index contributed by atoms with van der Waals surface area (Å²) in [4.78, 5) is 15.3. The fraction of sp³-hybridized carbons (Fsp3) is 0.447. The summed E-state index contributed by atoms with van der Waals surface area (Å²) < 4.78 is 52.4. The molecule has 0 N–H and O–H groups in total. The Morgan fingerprint density at radius 3 is 1.65 bits per heavy atom. The first-order valence-corrected chi connectivity index (χ1v) is 16.1. The number of alkyl halides is 3. The number of nitrogens with zero attached hydrogens (tertiary/aromatic N) is 5. The van der Waals surface area contributed by atoms with Crippen molar-refractivity contribution < 1.29 is 27.4 Å². The van der Waals surface area contributed by atoms with E-state index in [1.807, 2.05) is 78.3 Å². The summed E-state index contributed by atoms with van der Waals surface area (Å²) in [6, 6.07) is 12.3. The van der Waals surface area contributed by atoms with Crippen LogP contribution in [0.5, 0.6) is 0 Å². The normalized spacial score (nSPS) is 10.8. The lowest BCUT2D eigenvalue weighted by Gasteiger charge is -2.08. The molecule has 0 saturated carbocycles. The molecule has 0 aromatic carbocycles. The number of halogens is 3. The Hall–Kier alpha value is -4.24. The summed E-state index contributed by atoms with van der Waals surface area (Å²) in [6.07, 6.45) is 7.99. The minimum Gasteiger partial charge on any atom is -0.374 e. The molecular weight excluding hydrogens is 631 g/mol. The monoisotopic (exact) mass is 681 g/mol. The van der Waals surface area contributed by atoms with E-state index in [9.17, 15) is 13.2 Å². The zero-order chi connectivity index (χ0) is 36.8. The molecule has 0 atom stereocenters. The largest absolute Gasteiger partial charge is 0.433 e. The van der Waals surface area contributed by atoms with Crippen LogP contribution < -0.4 is 0 Å². The third kappa shape index (κ3) is 20.7. The van der Waals surface area contributed by atoms with Crippen molar-refractivity contribution in [3.05, 3.63) is 119 Å². The van der Waals surface area contributed by atoms with Crippen molar-refractivity contribution >= 4 is 0 Å². The van der Waals surface area contributed by atoms with E-state index in [0.29, 0.717) is 30.3 Å². The van der Waals surface area contributed by atoms with Gasteiger partial charge in [-0.2, -0.15) is 18.4 Å². The predicted molar refractivity (Wildman–Crippen MR) is 185 cm³/mol. The molecule has 4 rings (SSSR count). The van der Waals surface area contributed by atoms with Crippen LogP contribution in [-0.2, 0) is 40.2 Å². The van der Waals surface area contributed by atoms with Gasteiger partial charge in [0.2, 0.25) is 0 Å². The summed E-state index contributed by atoms with van der Waals surface area (Å²) in [7, 11) is 0. The predicted octanol–water partition coefficient (Wildman–Crippen LogP) is 9.42. The molecule has 8 nitrogen and oxygen atoms in total. The molecule has 0 aliphatic rings. The number of aryl methyl sites for hydroxylation is 1. The van der Waals surface area contributed by atoms with E-state index in [2.05, 4.69) is 46.8 Å². The SMILES string of the molecule is CC(C)OCc1ccc(C(F)(F)F)nc1.CC(C)OCc1cccnc1.CC(C)OCc1cncc(C#N)c1.Cc1cncc(C(C)C)c1. The van der Waals surface area contributed by atoms with Gasteiger partial charge in [0.1, 0.15) is 11.8 Å². The average Bonchev–Trinajstić information content (AvgIpc) is 3.06. The van der Waals surface area contributed by atoms with E-state index in [1.165, 1.54) is 23.4 Å². The van der Waals surface area contributed by atoms with Crippen molar-refractivity contribution in [1.29, 1.82) is 5.26 Å². The Bertz CT molecular complexity index is 1490. The maximum Gasteiger partial charge on any atom is 0.433 e. The zero-order valence-electron chi connectivity index (χ0n) is 30.0. The van der Waals surface area contributed by atoms with Crippen LogP contribution in [-0.4, -0.2) is 38.2 Å². The third-order valence-electron chi connectivity index (χ3n) is 6.07. The lowest BCUT2D eigenvalue weighted by atomic mass is 10.0. The van der Waals surface area contributed by atoms with Gasteiger partial charge in [-0.3, -0.25) is 19.9 Å². The maximum absolute atomic E-state index is 12.1. The summed E-state index contributed by atoms with van der Waals surface area (Å²) >= 11 is 0. The van der Waals surface area contributed by atoms with Crippen LogP contribution in [0.4, 0.5) is 13.2 Å². The van der Waals surface area contributed by atoms with E-state index >= 15 is 0 Å². The molecule has 11 heteroatoms. The molecule has 4 aromatic heterocycles.